The number of likely N-dealkylation sites (tertiary alicyclic amines) is 1. The van der Waals surface area contributed by atoms with Crippen LogP contribution in [-0.4, -0.2) is 64.9 Å². The van der Waals surface area contributed by atoms with Crippen LogP contribution in [0.15, 0.2) is 12.4 Å². The molecule has 2 fully saturated rings. The monoisotopic (exact) mass is 334 g/mol. The molecular weight excluding hydrogens is 304 g/mol. The molecule has 0 unspecified atom stereocenters. The molecule has 0 aromatic carbocycles. The summed E-state index contributed by atoms with van der Waals surface area (Å²) in [5.74, 6) is 1.43. The van der Waals surface area contributed by atoms with Gasteiger partial charge in [0.2, 0.25) is 5.91 Å². The van der Waals surface area contributed by atoms with Crippen LogP contribution < -0.4 is 0 Å². The van der Waals surface area contributed by atoms with E-state index in [1.165, 1.54) is 5.56 Å². The van der Waals surface area contributed by atoms with E-state index in [2.05, 4.69) is 37.0 Å². The van der Waals surface area contributed by atoms with Gasteiger partial charge in [0, 0.05) is 51.0 Å². The van der Waals surface area contributed by atoms with Crippen LogP contribution in [0, 0.1) is 17.8 Å². The van der Waals surface area contributed by atoms with Gasteiger partial charge in [-0.15, -0.1) is 0 Å². The van der Waals surface area contributed by atoms with Crippen LogP contribution in [0.5, 0.6) is 0 Å². The molecule has 6 nitrogen and oxygen atoms in total. The van der Waals surface area contributed by atoms with Crippen molar-refractivity contribution < 1.29 is 9.53 Å². The lowest BCUT2D eigenvalue weighted by atomic mass is 9.96. The lowest BCUT2D eigenvalue weighted by Gasteiger charge is -2.30. The van der Waals surface area contributed by atoms with Crippen molar-refractivity contribution in [3.63, 3.8) is 0 Å². The lowest BCUT2D eigenvalue weighted by molar-refractivity contribution is -0.140. The van der Waals surface area contributed by atoms with Gasteiger partial charge in [-0.05, 0) is 11.8 Å². The van der Waals surface area contributed by atoms with E-state index in [9.17, 15) is 4.79 Å². The number of nitrogens with zero attached hydrogens (tertiary/aromatic N) is 4. The molecule has 1 aromatic heterocycles. The van der Waals surface area contributed by atoms with Gasteiger partial charge in [-0.2, -0.15) is 5.10 Å². The van der Waals surface area contributed by atoms with E-state index < -0.39 is 0 Å². The second kappa shape index (κ2) is 7.66. The van der Waals surface area contributed by atoms with Crippen LogP contribution in [-0.2, 0) is 22.6 Å². The van der Waals surface area contributed by atoms with E-state index in [0.29, 0.717) is 31.0 Å². The summed E-state index contributed by atoms with van der Waals surface area (Å²) < 4.78 is 7.38. The SMILES string of the molecule is CC(C)Cn1cc(CN2C[C@@H](C)[C@H](C(=O)N3CCOCC3)C2)cn1. The highest BCUT2D eigenvalue weighted by Gasteiger charge is 2.37. The fourth-order valence-corrected chi connectivity index (χ4v) is 3.76. The van der Waals surface area contributed by atoms with Crippen molar-refractivity contribution in [2.24, 2.45) is 17.8 Å². The standard InChI is InChI=1S/C18H30N4O2/c1-14(2)9-22-12-16(8-19-22)11-20-10-15(3)17(13-20)18(23)21-4-6-24-7-5-21/h8,12,14-15,17H,4-7,9-11,13H2,1-3H3/t15-,17-/m1/s1. The smallest absolute Gasteiger partial charge is 0.227 e. The van der Waals surface area contributed by atoms with Crippen LogP contribution >= 0.6 is 0 Å². The van der Waals surface area contributed by atoms with Crippen molar-refractivity contribution >= 4 is 5.91 Å². The predicted octanol–water partition coefficient (Wildman–Crippen LogP) is 1.47. The van der Waals surface area contributed by atoms with Crippen LogP contribution in [0.2, 0.25) is 0 Å². The highest BCUT2D eigenvalue weighted by Crippen LogP contribution is 2.26. The third-order valence-corrected chi connectivity index (χ3v) is 4.97. The Labute approximate surface area is 144 Å². The molecule has 1 aromatic rings. The summed E-state index contributed by atoms with van der Waals surface area (Å²) in [7, 11) is 0. The Morgan fingerprint density at radius 1 is 1.33 bits per heavy atom. The second-order valence-corrected chi connectivity index (χ2v) is 7.68. The van der Waals surface area contributed by atoms with Gasteiger partial charge in [-0.3, -0.25) is 14.4 Å². The number of hydrogen-bond acceptors (Lipinski definition) is 4. The van der Waals surface area contributed by atoms with Gasteiger partial charge in [0.15, 0.2) is 0 Å². The quantitative estimate of drug-likeness (QED) is 0.818. The first-order valence-corrected chi connectivity index (χ1v) is 9.13. The minimum Gasteiger partial charge on any atom is -0.378 e. The third kappa shape index (κ3) is 4.16. The number of amides is 1. The summed E-state index contributed by atoms with van der Waals surface area (Å²) in [6, 6.07) is 0. The average molecular weight is 334 g/mol. The largest absolute Gasteiger partial charge is 0.378 e. The van der Waals surface area contributed by atoms with Crippen molar-refractivity contribution in [1.29, 1.82) is 0 Å². The molecule has 2 atom stereocenters. The fraction of sp³-hybridized carbons (Fsp3) is 0.778. The summed E-state index contributed by atoms with van der Waals surface area (Å²) in [6.45, 7) is 13.1. The first-order chi connectivity index (χ1) is 11.5. The van der Waals surface area contributed by atoms with Gasteiger partial charge in [-0.1, -0.05) is 20.8 Å². The number of rotatable bonds is 5. The maximum absolute atomic E-state index is 12.8. The maximum atomic E-state index is 12.8. The molecule has 24 heavy (non-hydrogen) atoms. The molecule has 3 heterocycles. The molecule has 2 saturated heterocycles. The van der Waals surface area contributed by atoms with Crippen LogP contribution in [0.25, 0.3) is 0 Å². The van der Waals surface area contributed by atoms with E-state index in [4.69, 9.17) is 4.74 Å². The van der Waals surface area contributed by atoms with Gasteiger partial charge in [0.05, 0.1) is 25.3 Å². The normalized spacial score (nSPS) is 25.6. The molecule has 1 amide bonds. The zero-order valence-corrected chi connectivity index (χ0v) is 15.1. The number of carbonyl (C=O) groups is 1. The topological polar surface area (TPSA) is 50.6 Å². The Bertz CT molecular complexity index is 551. The van der Waals surface area contributed by atoms with Crippen LogP contribution in [0.4, 0.5) is 0 Å². The lowest BCUT2D eigenvalue weighted by Crippen LogP contribution is -2.45. The van der Waals surface area contributed by atoms with Crippen molar-refractivity contribution in [2.75, 3.05) is 39.4 Å². The van der Waals surface area contributed by atoms with Crippen molar-refractivity contribution in [2.45, 2.75) is 33.9 Å². The molecule has 0 spiro atoms. The zero-order chi connectivity index (χ0) is 17.1. The zero-order valence-electron chi connectivity index (χ0n) is 15.1. The summed E-state index contributed by atoms with van der Waals surface area (Å²) in [5, 5.41) is 4.45. The first-order valence-electron chi connectivity index (χ1n) is 9.13. The van der Waals surface area contributed by atoms with E-state index in [-0.39, 0.29) is 5.92 Å². The molecule has 2 aliphatic rings. The molecule has 0 saturated carbocycles. The number of aromatic nitrogens is 2. The van der Waals surface area contributed by atoms with Crippen LogP contribution in [0.1, 0.15) is 26.3 Å². The van der Waals surface area contributed by atoms with Crippen molar-refractivity contribution in [3.8, 4) is 0 Å². The average Bonchev–Trinajstić information content (AvgIpc) is 3.13. The number of carbonyl (C=O) groups excluding carboxylic acids is 1. The van der Waals surface area contributed by atoms with E-state index >= 15 is 0 Å². The van der Waals surface area contributed by atoms with Gasteiger partial charge in [0.25, 0.3) is 0 Å². The van der Waals surface area contributed by atoms with E-state index in [1.807, 2.05) is 15.8 Å². The third-order valence-electron chi connectivity index (χ3n) is 4.97. The van der Waals surface area contributed by atoms with Crippen molar-refractivity contribution in [1.82, 2.24) is 19.6 Å². The Morgan fingerprint density at radius 2 is 2.08 bits per heavy atom. The molecule has 3 rings (SSSR count). The van der Waals surface area contributed by atoms with Crippen LogP contribution in [0.3, 0.4) is 0 Å². The molecule has 0 bridgehead atoms. The number of morpholine rings is 1. The van der Waals surface area contributed by atoms with Gasteiger partial charge in [0.1, 0.15) is 0 Å². The van der Waals surface area contributed by atoms with Gasteiger partial charge >= 0.3 is 0 Å². The molecular formula is C18H30N4O2. The minimum atomic E-state index is 0.119. The maximum Gasteiger partial charge on any atom is 0.227 e. The van der Waals surface area contributed by atoms with E-state index in [1.54, 1.807) is 0 Å². The fourth-order valence-electron chi connectivity index (χ4n) is 3.76. The number of hydrogen-bond donors (Lipinski definition) is 0. The minimum absolute atomic E-state index is 0.119. The molecule has 0 N–H and O–H groups in total. The highest BCUT2D eigenvalue weighted by molar-refractivity contribution is 5.79. The molecule has 0 radical (unpaired) electrons. The molecule has 0 aliphatic carbocycles. The second-order valence-electron chi connectivity index (χ2n) is 7.68. The summed E-state index contributed by atoms with van der Waals surface area (Å²) in [4.78, 5) is 17.1. The first kappa shape index (κ1) is 17.4. The van der Waals surface area contributed by atoms with Gasteiger partial charge in [-0.25, -0.2) is 0 Å². The highest BCUT2D eigenvalue weighted by atomic mass is 16.5. The van der Waals surface area contributed by atoms with Crippen molar-refractivity contribution in [3.05, 3.63) is 18.0 Å². The Balaban J connectivity index is 1.55. The Morgan fingerprint density at radius 3 is 2.79 bits per heavy atom. The molecule has 2 aliphatic heterocycles. The number of ether oxygens (including phenoxy) is 1. The summed E-state index contributed by atoms with van der Waals surface area (Å²) in [5.41, 5.74) is 1.24. The Kier molecular flexibility index (Phi) is 5.56. The van der Waals surface area contributed by atoms with E-state index in [0.717, 1.165) is 39.3 Å². The Hall–Kier alpha value is -1.40. The summed E-state index contributed by atoms with van der Waals surface area (Å²) in [6.07, 6.45) is 4.10. The molecule has 6 heteroatoms. The van der Waals surface area contributed by atoms with Gasteiger partial charge < -0.3 is 9.64 Å². The molecule has 134 valence electrons. The predicted molar refractivity (Wildman–Crippen MR) is 92.4 cm³/mol. The summed E-state index contributed by atoms with van der Waals surface area (Å²) >= 11 is 0.